The molecule has 0 aliphatic carbocycles. The molecular weight excluding hydrogens is 226 g/mol. The average molecular weight is 236 g/mol. The first-order valence-electron chi connectivity index (χ1n) is 4.88. The molecule has 1 fully saturated rings. The third-order valence-electron chi connectivity index (χ3n) is 2.59. The summed E-state index contributed by atoms with van der Waals surface area (Å²) in [5, 5.41) is 2.84. The van der Waals surface area contributed by atoms with Crippen molar-refractivity contribution in [3.05, 3.63) is 40.4 Å². The van der Waals surface area contributed by atoms with Gasteiger partial charge in [-0.05, 0) is 24.1 Å². The van der Waals surface area contributed by atoms with Crippen LogP contribution in [0.1, 0.15) is 18.9 Å². The molecule has 0 unspecified atom stereocenters. The number of benzene rings is 1. The zero-order valence-corrected chi connectivity index (χ0v) is 9.47. The molecule has 2 amide bonds. The Morgan fingerprint density at radius 1 is 1.31 bits per heavy atom. The van der Waals surface area contributed by atoms with E-state index in [0.29, 0.717) is 10.6 Å². The first-order chi connectivity index (χ1) is 7.59. The van der Waals surface area contributed by atoms with Crippen molar-refractivity contribution in [3.63, 3.8) is 0 Å². The van der Waals surface area contributed by atoms with Gasteiger partial charge in [0.15, 0.2) is 0 Å². The molecule has 1 N–H and O–H groups in total. The van der Waals surface area contributed by atoms with Gasteiger partial charge in [0.2, 0.25) is 5.91 Å². The molecule has 82 valence electrons. The van der Waals surface area contributed by atoms with Gasteiger partial charge >= 0.3 is 0 Å². The minimum atomic E-state index is -0.317. The lowest BCUT2D eigenvalue weighted by molar-refractivity contribution is -0.124. The molecule has 0 bridgehead atoms. The van der Waals surface area contributed by atoms with Crippen molar-refractivity contribution >= 4 is 29.0 Å². The van der Waals surface area contributed by atoms with Gasteiger partial charge in [-0.15, -0.1) is 0 Å². The van der Waals surface area contributed by atoms with Crippen LogP contribution in [-0.2, 0) is 9.59 Å². The molecule has 0 radical (unpaired) electrons. The Morgan fingerprint density at radius 3 is 2.56 bits per heavy atom. The van der Waals surface area contributed by atoms with Crippen molar-refractivity contribution in [2.24, 2.45) is 0 Å². The van der Waals surface area contributed by atoms with Crippen molar-refractivity contribution in [1.82, 2.24) is 5.32 Å². The first-order valence-corrected chi connectivity index (χ1v) is 5.26. The highest BCUT2D eigenvalue weighted by molar-refractivity contribution is 6.32. The van der Waals surface area contributed by atoms with Crippen LogP contribution in [0, 0.1) is 0 Å². The van der Waals surface area contributed by atoms with Gasteiger partial charge in [0, 0.05) is 10.6 Å². The number of allylic oxidation sites excluding steroid dienone is 1. The van der Waals surface area contributed by atoms with Gasteiger partial charge in [-0.25, -0.2) is 0 Å². The van der Waals surface area contributed by atoms with Gasteiger partial charge in [0.1, 0.15) is 0 Å². The van der Waals surface area contributed by atoms with Gasteiger partial charge in [-0.3, -0.25) is 14.9 Å². The summed E-state index contributed by atoms with van der Waals surface area (Å²) in [6.07, 6.45) is 0.135. The van der Waals surface area contributed by atoms with Crippen LogP contribution in [0.3, 0.4) is 0 Å². The van der Waals surface area contributed by atoms with Crippen LogP contribution in [-0.4, -0.2) is 11.8 Å². The second-order valence-electron chi connectivity index (χ2n) is 3.64. The zero-order chi connectivity index (χ0) is 11.7. The smallest absolute Gasteiger partial charge is 0.254 e. The maximum atomic E-state index is 11.5. The summed E-state index contributed by atoms with van der Waals surface area (Å²) >= 11 is 6.03. The van der Waals surface area contributed by atoms with E-state index in [-0.39, 0.29) is 18.2 Å². The first kappa shape index (κ1) is 10.9. The third-order valence-corrected chi connectivity index (χ3v) is 2.92. The Morgan fingerprint density at radius 2 is 2.00 bits per heavy atom. The van der Waals surface area contributed by atoms with Crippen molar-refractivity contribution in [1.29, 1.82) is 0 Å². The number of carbonyl (C=O) groups is 2. The van der Waals surface area contributed by atoms with E-state index < -0.39 is 0 Å². The van der Waals surface area contributed by atoms with Crippen molar-refractivity contribution < 1.29 is 9.59 Å². The Labute approximate surface area is 98.1 Å². The normalized spacial score (nSPS) is 18.6. The lowest BCUT2D eigenvalue weighted by Gasteiger charge is -2.06. The number of hydrogen-bond donors (Lipinski definition) is 1. The van der Waals surface area contributed by atoms with Gasteiger partial charge in [-0.1, -0.05) is 29.8 Å². The van der Waals surface area contributed by atoms with Crippen LogP contribution >= 0.6 is 11.6 Å². The maximum Gasteiger partial charge on any atom is 0.254 e. The van der Waals surface area contributed by atoms with Gasteiger partial charge < -0.3 is 0 Å². The molecule has 1 aliphatic heterocycles. The van der Waals surface area contributed by atoms with Crippen LogP contribution in [0.25, 0.3) is 5.57 Å². The predicted molar refractivity (Wildman–Crippen MR) is 61.8 cm³/mol. The standard InChI is InChI=1S/C12H10ClNO2/c1-7(8-4-2-3-5-10(8)13)9-6-11(15)14-12(9)16/h2-5H,6H2,1H3,(H,14,15,16). The number of imide groups is 1. The van der Waals surface area contributed by atoms with E-state index in [2.05, 4.69) is 5.32 Å². The van der Waals surface area contributed by atoms with E-state index in [1.165, 1.54) is 0 Å². The van der Waals surface area contributed by atoms with Crippen molar-refractivity contribution in [2.45, 2.75) is 13.3 Å². The SMILES string of the molecule is CC(=C1CC(=O)NC1=O)c1ccccc1Cl. The molecule has 1 aromatic rings. The molecule has 0 spiro atoms. The van der Waals surface area contributed by atoms with Crippen LogP contribution in [0.4, 0.5) is 0 Å². The van der Waals surface area contributed by atoms with Gasteiger partial charge in [-0.2, -0.15) is 0 Å². The lowest BCUT2D eigenvalue weighted by Crippen LogP contribution is -2.19. The van der Waals surface area contributed by atoms with Crippen LogP contribution in [0.15, 0.2) is 29.8 Å². The van der Waals surface area contributed by atoms with E-state index in [9.17, 15) is 9.59 Å². The van der Waals surface area contributed by atoms with E-state index in [0.717, 1.165) is 11.1 Å². The molecule has 0 saturated carbocycles. The Balaban J connectivity index is 2.49. The number of hydrogen-bond acceptors (Lipinski definition) is 2. The van der Waals surface area contributed by atoms with E-state index >= 15 is 0 Å². The Bertz CT molecular complexity index is 505. The van der Waals surface area contributed by atoms with E-state index in [1.807, 2.05) is 18.2 Å². The topological polar surface area (TPSA) is 46.2 Å². The fraction of sp³-hybridized carbons (Fsp3) is 0.167. The summed E-state index contributed by atoms with van der Waals surface area (Å²) in [4.78, 5) is 22.6. The second kappa shape index (κ2) is 4.10. The molecule has 3 nitrogen and oxygen atoms in total. The molecule has 0 aromatic heterocycles. The third kappa shape index (κ3) is 1.86. The quantitative estimate of drug-likeness (QED) is 0.599. The molecule has 1 saturated heterocycles. The summed E-state index contributed by atoms with van der Waals surface area (Å²) < 4.78 is 0. The molecule has 1 heterocycles. The molecular formula is C12H10ClNO2. The molecule has 1 aliphatic rings. The largest absolute Gasteiger partial charge is 0.292 e. The second-order valence-corrected chi connectivity index (χ2v) is 4.04. The minimum Gasteiger partial charge on any atom is -0.292 e. The fourth-order valence-corrected chi connectivity index (χ4v) is 2.00. The monoisotopic (exact) mass is 235 g/mol. The van der Waals surface area contributed by atoms with Crippen molar-refractivity contribution in [2.75, 3.05) is 0 Å². The highest BCUT2D eigenvalue weighted by Gasteiger charge is 2.26. The minimum absolute atomic E-state index is 0.135. The number of rotatable bonds is 1. The summed E-state index contributed by atoms with van der Waals surface area (Å²) in [7, 11) is 0. The number of halogens is 1. The lowest BCUT2D eigenvalue weighted by atomic mass is 10.0. The summed E-state index contributed by atoms with van der Waals surface area (Å²) in [5.74, 6) is -0.575. The predicted octanol–water partition coefficient (Wildman–Crippen LogP) is 2.16. The summed E-state index contributed by atoms with van der Waals surface area (Å²) in [6, 6.07) is 7.26. The van der Waals surface area contributed by atoms with Gasteiger partial charge in [0.05, 0.1) is 6.42 Å². The Hall–Kier alpha value is -1.61. The molecule has 16 heavy (non-hydrogen) atoms. The van der Waals surface area contributed by atoms with Crippen molar-refractivity contribution in [3.8, 4) is 0 Å². The number of amides is 2. The average Bonchev–Trinajstić information content (AvgIpc) is 2.58. The van der Waals surface area contributed by atoms with Crippen LogP contribution < -0.4 is 5.32 Å². The number of nitrogens with one attached hydrogen (secondary N) is 1. The highest BCUT2D eigenvalue weighted by Crippen LogP contribution is 2.28. The van der Waals surface area contributed by atoms with E-state index in [4.69, 9.17) is 11.6 Å². The van der Waals surface area contributed by atoms with Crippen LogP contribution in [0.5, 0.6) is 0 Å². The fourth-order valence-electron chi connectivity index (χ4n) is 1.72. The van der Waals surface area contributed by atoms with E-state index in [1.54, 1.807) is 13.0 Å². The maximum absolute atomic E-state index is 11.5. The van der Waals surface area contributed by atoms with Gasteiger partial charge in [0.25, 0.3) is 5.91 Å². The molecule has 1 aromatic carbocycles. The Kier molecular flexibility index (Phi) is 2.79. The zero-order valence-electron chi connectivity index (χ0n) is 8.71. The molecule has 2 rings (SSSR count). The highest BCUT2D eigenvalue weighted by atomic mass is 35.5. The summed E-state index contributed by atoms with van der Waals surface area (Å²) in [6.45, 7) is 1.80. The molecule has 4 heteroatoms. The summed E-state index contributed by atoms with van der Waals surface area (Å²) in [5.41, 5.74) is 2.05. The van der Waals surface area contributed by atoms with Crippen LogP contribution in [0.2, 0.25) is 5.02 Å². The molecule has 0 atom stereocenters. The number of carbonyl (C=O) groups excluding carboxylic acids is 2.